The quantitative estimate of drug-likeness (QED) is 0.563. The molecule has 2 nitrogen and oxygen atoms in total. The highest BCUT2D eigenvalue weighted by molar-refractivity contribution is 5.82. The van der Waals surface area contributed by atoms with Gasteiger partial charge < -0.3 is 5.73 Å². The van der Waals surface area contributed by atoms with Crippen LogP contribution in [0.25, 0.3) is 0 Å². The molecule has 0 aliphatic carbocycles. The minimum atomic E-state index is -0.291. The van der Waals surface area contributed by atoms with E-state index in [1.165, 1.54) is 25.7 Å². The van der Waals surface area contributed by atoms with Crippen molar-refractivity contribution in [3.05, 3.63) is 6.42 Å². The van der Waals surface area contributed by atoms with Crippen LogP contribution in [0.2, 0.25) is 0 Å². The summed E-state index contributed by atoms with van der Waals surface area (Å²) in [6.07, 6.45) is 8.57. The summed E-state index contributed by atoms with van der Waals surface area (Å²) in [4.78, 5) is 10.3. The van der Waals surface area contributed by atoms with Crippen LogP contribution in [0.15, 0.2) is 0 Å². The second-order valence-electron chi connectivity index (χ2n) is 2.81. The molecule has 1 amide bonds. The first kappa shape index (κ1) is 10.5. The largest absolute Gasteiger partial charge is 0.369 e. The van der Waals surface area contributed by atoms with E-state index in [0.29, 0.717) is 0 Å². The van der Waals surface area contributed by atoms with E-state index in [-0.39, 0.29) is 5.91 Å². The van der Waals surface area contributed by atoms with Crippen molar-refractivity contribution in [1.82, 2.24) is 0 Å². The Morgan fingerprint density at radius 3 is 2.45 bits per heavy atom. The van der Waals surface area contributed by atoms with Gasteiger partial charge in [-0.2, -0.15) is 0 Å². The first-order valence-electron chi connectivity index (χ1n) is 4.40. The molecule has 0 saturated carbocycles. The van der Waals surface area contributed by atoms with E-state index in [2.05, 4.69) is 6.92 Å². The number of carbonyl (C=O) groups excluding carboxylic acids is 1. The zero-order valence-corrected chi connectivity index (χ0v) is 7.31. The molecular formula is C9H18NO. The summed E-state index contributed by atoms with van der Waals surface area (Å²) in [6, 6.07) is 0. The zero-order valence-electron chi connectivity index (χ0n) is 7.31. The number of amides is 1. The minimum absolute atomic E-state index is 0.291. The van der Waals surface area contributed by atoms with Crippen molar-refractivity contribution in [2.24, 2.45) is 5.73 Å². The summed E-state index contributed by atoms with van der Waals surface area (Å²) >= 11 is 0. The lowest BCUT2D eigenvalue weighted by atomic mass is 10.1. The molecule has 0 aromatic carbocycles. The third-order valence-corrected chi connectivity index (χ3v) is 1.65. The van der Waals surface area contributed by atoms with E-state index in [1.807, 2.05) is 0 Å². The number of hydrogen-bond donors (Lipinski definition) is 1. The van der Waals surface area contributed by atoms with E-state index >= 15 is 0 Å². The molecule has 0 aromatic rings. The van der Waals surface area contributed by atoms with Crippen molar-refractivity contribution >= 4 is 5.91 Å². The maximum absolute atomic E-state index is 10.3. The lowest BCUT2D eigenvalue weighted by Gasteiger charge is -1.97. The molecule has 0 saturated heterocycles. The number of nitrogens with two attached hydrogens (primary N) is 1. The van der Waals surface area contributed by atoms with E-state index in [4.69, 9.17) is 5.73 Å². The summed E-state index contributed by atoms with van der Waals surface area (Å²) in [5.74, 6) is -0.291. The summed E-state index contributed by atoms with van der Waals surface area (Å²) in [6.45, 7) is 2.19. The molecule has 0 spiro atoms. The molecule has 0 rings (SSSR count). The van der Waals surface area contributed by atoms with Gasteiger partial charge in [0.15, 0.2) is 0 Å². The molecule has 1 radical (unpaired) electrons. The third kappa shape index (κ3) is 9.47. The van der Waals surface area contributed by atoms with Crippen LogP contribution in [0.3, 0.4) is 0 Å². The van der Waals surface area contributed by atoms with E-state index < -0.39 is 0 Å². The fourth-order valence-electron chi connectivity index (χ4n) is 0.992. The Bertz CT molecular complexity index is 102. The highest BCUT2D eigenvalue weighted by Gasteiger charge is 1.94. The predicted octanol–water partition coefficient (Wildman–Crippen LogP) is 2.04. The molecule has 0 unspecified atom stereocenters. The van der Waals surface area contributed by atoms with Crippen LogP contribution in [0.1, 0.15) is 45.4 Å². The number of hydrogen-bond acceptors (Lipinski definition) is 1. The fourth-order valence-corrected chi connectivity index (χ4v) is 0.992. The molecule has 2 heteroatoms. The van der Waals surface area contributed by atoms with Crippen LogP contribution in [-0.4, -0.2) is 5.91 Å². The number of unbranched alkanes of at least 4 members (excludes halogenated alkanes) is 5. The van der Waals surface area contributed by atoms with Gasteiger partial charge in [0.05, 0.1) is 0 Å². The van der Waals surface area contributed by atoms with Crippen LogP contribution >= 0.6 is 0 Å². The van der Waals surface area contributed by atoms with Gasteiger partial charge in [-0.1, -0.05) is 39.0 Å². The van der Waals surface area contributed by atoms with Crippen LogP contribution in [-0.2, 0) is 4.79 Å². The van der Waals surface area contributed by atoms with Gasteiger partial charge >= 0.3 is 0 Å². The third-order valence-electron chi connectivity index (χ3n) is 1.65. The molecular weight excluding hydrogens is 138 g/mol. The Morgan fingerprint density at radius 1 is 1.27 bits per heavy atom. The highest BCUT2D eigenvalue weighted by atomic mass is 16.1. The van der Waals surface area contributed by atoms with Crippen LogP contribution in [0, 0.1) is 6.42 Å². The van der Waals surface area contributed by atoms with Crippen LogP contribution in [0.5, 0.6) is 0 Å². The van der Waals surface area contributed by atoms with Crippen molar-refractivity contribution < 1.29 is 4.79 Å². The fraction of sp³-hybridized carbons (Fsp3) is 0.778. The molecule has 0 bridgehead atoms. The second kappa shape index (κ2) is 7.58. The van der Waals surface area contributed by atoms with Crippen molar-refractivity contribution in [2.45, 2.75) is 45.4 Å². The number of primary amides is 1. The van der Waals surface area contributed by atoms with E-state index in [9.17, 15) is 4.79 Å². The van der Waals surface area contributed by atoms with Gasteiger partial charge in [-0.15, -0.1) is 0 Å². The van der Waals surface area contributed by atoms with Crippen molar-refractivity contribution in [3.8, 4) is 0 Å². The van der Waals surface area contributed by atoms with Gasteiger partial charge in [-0.25, -0.2) is 0 Å². The Hall–Kier alpha value is -0.530. The maximum Gasteiger partial charge on any atom is 0.221 e. The average molecular weight is 156 g/mol. The topological polar surface area (TPSA) is 43.1 Å². The summed E-state index contributed by atoms with van der Waals surface area (Å²) in [5.41, 5.74) is 4.94. The van der Waals surface area contributed by atoms with Crippen LogP contribution in [0.4, 0.5) is 0 Å². The molecule has 65 valence electrons. The van der Waals surface area contributed by atoms with Crippen molar-refractivity contribution in [1.29, 1.82) is 0 Å². The molecule has 0 heterocycles. The summed E-state index contributed by atoms with van der Waals surface area (Å²) in [7, 11) is 0. The van der Waals surface area contributed by atoms with Gasteiger partial charge in [0, 0.05) is 6.42 Å². The summed E-state index contributed by atoms with van der Waals surface area (Å²) < 4.78 is 0. The molecule has 2 N–H and O–H groups in total. The molecule has 11 heavy (non-hydrogen) atoms. The first-order valence-corrected chi connectivity index (χ1v) is 4.40. The Kier molecular flexibility index (Phi) is 7.21. The Labute approximate surface area is 69.2 Å². The molecule has 0 atom stereocenters. The van der Waals surface area contributed by atoms with Gasteiger partial charge in [-0.05, 0) is 6.42 Å². The molecule has 0 aromatic heterocycles. The number of carbonyl (C=O) groups is 1. The van der Waals surface area contributed by atoms with Gasteiger partial charge in [-0.3, -0.25) is 4.79 Å². The van der Waals surface area contributed by atoms with Crippen molar-refractivity contribution in [2.75, 3.05) is 0 Å². The Balaban J connectivity index is 2.85. The van der Waals surface area contributed by atoms with Crippen molar-refractivity contribution in [3.63, 3.8) is 0 Å². The summed E-state index contributed by atoms with van der Waals surface area (Å²) in [5, 5.41) is 0. The van der Waals surface area contributed by atoms with Crippen LogP contribution < -0.4 is 5.73 Å². The molecule has 0 aliphatic rings. The SMILES string of the molecule is CCCCCCC[CH]C(N)=O. The van der Waals surface area contributed by atoms with Gasteiger partial charge in [0.25, 0.3) is 0 Å². The second-order valence-corrected chi connectivity index (χ2v) is 2.81. The lowest BCUT2D eigenvalue weighted by Crippen LogP contribution is -2.10. The number of rotatable bonds is 7. The normalized spacial score (nSPS) is 9.91. The first-order chi connectivity index (χ1) is 5.27. The monoisotopic (exact) mass is 156 g/mol. The maximum atomic E-state index is 10.3. The minimum Gasteiger partial charge on any atom is -0.369 e. The van der Waals surface area contributed by atoms with E-state index in [0.717, 1.165) is 12.8 Å². The lowest BCUT2D eigenvalue weighted by molar-refractivity contribution is -0.115. The van der Waals surface area contributed by atoms with E-state index in [1.54, 1.807) is 6.42 Å². The smallest absolute Gasteiger partial charge is 0.221 e. The standard InChI is InChI=1S/C9H18NO/c1-2-3-4-5-6-7-8-9(10)11/h8H,2-7H2,1H3,(H2,10,11). The predicted molar refractivity (Wildman–Crippen MR) is 46.9 cm³/mol. The molecule has 0 fully saturated rings. The Morgan fingerprint density at radius 2 is 1.91 bits per heavy atom. The average Bonchev–Trinajstić information content (AvgIpc) is 1.96. The molecule has 0 aliphatic heterocycles. The van der Waals surface area contributed by atoms with Gasteiger partial charge in [0.1, 0.15) is 0 Å². The van der Waals surface area contributed by atoms with Gasteiger partial charge in [0.2, 0.25) is 5.91 Å². The zero-order chi connectivity index (χ0) is 8.53. The highest BCUT2D eigenvalue weighted by Crippen LogP contribution is 2.05.